The van der Waals surface area contributed by atoms with E-state index in [2.05, 4.69) is 19.2 Å². The van der Waals surface area contributed by atoms with Crippen LogP contribution in [0.5, 0.6) is 0 Å². The number of aryl methyl sites for hydroxylation is 1. The Morgan fingerprint density at radius 1 is 1.14 bits per heavy atom. The third-order valence-corrected chi connectivity index (χ3v) is 7.93. The first kappa shape index (κ1) is 21.3. The van der Waals surface area contributed by atoms with E-state index in [0.717, 1.165) is 32.4 Å². The molecule has 1 aromatic carbocycles. The average molecular weight is 409 g/mol. The second-order valence-corrected chi connectivity index (χ2v) is 10.7. The van der Waals surface area contributed by atoms with Crippen LogP contribution in [-0.4, -0.2) is 51.4 Å². The summed E-state index contributed by atoms with van der Waals surface area (Å²) in [5.74, 6) is 1.21. The first-order valence-electron chi connectivity index (χ1n) is 10.5. The molecule has 28 heavy (non-hydrogen) atoms. The van der Waals surface area contributed by atoms with Crippen molar-refractivity contribution in [1.29, 1.82) is 0 Å². The van der Waals surface area contributed by atoms with Gasteiger partial charge in [0.1, 0.15) is 0 Å². The third-order valence-electron chi connectivity index (χ3n) is 5.89. The van der Waals surface area contributed by atoms with Crippen molar-refractivity contribution in [3.05, 3.63) is 23.8 Å². The molecule has 7 heteroatoms. The summed E-state index contributed by atoms with van der Waals surface area (Å²) in [5, 5.41) is 2.92. The number of carbonyl (C=O) groups is 1. The summed E-state index contributed by atoms with van der Waals surface area (Å²) in [4.78, 5) is 14.2. The van der Waals surface area contributed by atoms with E-state index < -0.39 is 10.0 Å². The van der Waals surface area contributed by atoms with Crippen molar-refractivity contribution in [3.63, 3.8) is 0 Å². The topological polar surface area (TPSA) is 70.9 Å². The van der Waals surface area contributed by atoms with Crippen molar-refractivity contribution in [1.82, 2.24) is 4.31 Å². The lowest BCUT2D eigenvalue weighted by molar-refractivity contribution is -0.904. The predicted molar refractivity (Wildman–Crippen MR) is 111 cm³/mol. The number of rotatable bonds is 5. The van der Waals surface area contributed by atoms with Gasteiger partial charge < -0.3 is 10.2 Å². The van der Waals surface area contributed by atoms with Crippen LogP contribution in [0.3, 0.4) is 0 Å². The summed E-state index contributed by atoms with van der Waals surface area (Å²) >= 11 is 0. The minimum absolute atomic E-state index is 0.0542. The molecule has 1 amide bonds. The fourth-order valence-electron chi connectivity index (χ4n) is 4.70. The van der Waals surface area contributed by atoms with Gasteiger partial charge in [0.15, 0.2) is 6.54 Å². The number of nitrogens with one attached hydrogen (secondary N) is 2. The summed E-state index contributed by atoms with van der Waals surface area (Å²) in [7, 11) is -3.52. The maximum absolute atomic E-state index is 13.0. The molecule has 6 nitrogen and oxygen atoms in total. The molecule has 0 radical (unpaired) electrons. The van der Waals surface area contributed by atoms with E-state index in [1.807, 2.05) is 6.92 Å². The largest absolute Gasteiger partial charge is 0.327 e. The SMILES string of the molecule is Cc1ccc(NC(=O)C[NH+]2C[C@H](C)C[C@H](C)C2)cc1S(=O)(=O)N1CCCCC1. The molecular formula is C21H34N3O3S+. The van der Waals surface area contributed by atoms with Gasteiger partial charge in [-0.25, -0.2) is 8.42 Å². The molecule has 0 aromatic heterocycles. The lowest BCUT2D eigenvalue weighted by Gasteiger charge is -2.31. The van der Waals surface area contributed by atoms with Crippen molar-refractivity contribution >= 4 is 21.6 Å². The van der Waals surface area contributed by atoms with Crippen molar-refractivity contribution in [2.45, 2.75) is 51.3 Å². The van der Waals surface area contributed by atoms with Gasteiger partial charge in [0, 0.05) is 30.6 Å². The first-order valence-corrected chi connectivity index (χ1v) is 11.9. The fraction of sp³-hybridized carbons (Fsp3) is 0.667. The maximum Gasteiger partial charge on any atom is 0.279 e. The maximum atomic E-state index is 13.0. The number of carbonyl (C=O) groups excluding carboxylic acids is 1. The number of hydrogen-bond donors (Lipinski definition) is 2. The normalized spacial score (nSPS) is 26.8. The molecule has 1 aromatic rings. The summed E-state index contributed by atoms with van der Waals surface area (Å²) < 4.78 is 27.7. The quantitative estimate of drug-likeness (QED) is 0.779. The molecule has 0 spiro atoms. The lowest BCUT2D eigenvalue weighted by Crippen LogP contribution is -3.15. The van der Waals surface area contributed by atoms with Crippen LogP contribution in [0.15, 0.2) is 23.1 Å². The van der Waals surface area contributed by atoms with Crippen LogP contribution in [0.4, 0.5) is 5.69 Å². The molecule has 2 aliphatic heterocycles. The summed E-state index contributed by atoms with van der Waals surface area (Å²) in [5.41, 5.74) is 1.27. The molecule has 2 aliphatic rings. The van der Waals surface area contributed by atoms with Crippen LogP contribution in [0.1, 0.15) is 45.1 Å². The van der Waals surface area contributed by atoms with E-state index in [1.165, 1.54) is 11.3 Å². The Labute approximate surface area is 169 Å². The van der Waals surface area contributed by atoms with Gasteiger partial charge in [-0.1, -0.05) is 26.3 Å². The molecule has 3 atom stereocenters. The zero-order valence-electron chi connectivity index (χ0n) is 17.3. The Morgan fingerprint density at radius 2 is 1.79 bits per heavy atom. The number of piperidine rings is 2. The highest BCUT2D eigenvalue weighted by molar-refractivity contribution is 7.89. The van der Waals surface area contributed by atoms with Crippen molar-refractivity contribution in [2.24, 2.45) is 11.8 Å². The van der Waals surface area contributed by atoms with E-state index in [-0.39, 0.29) is 5.91 Å². The Morgan fingerprint density at radius 3 is 2.43 bits per heavy atom. The van der Waals surface area contributed by atoms with Gasteiger partial charge in [-0.2, -0.15) is 4.31 Å². The van der Waals surface area contributed by atoms with Gasteiger partial charge >= 0.3 is 0 Å². The van der Waals surface area contributed by atoms with Crippen LogP contribution in [0.25, 0.3) is 0 Å². The fourth-order valence-corrected chi connectivity index (χ4v) is 6.47. The Kier molecular flexibility index (Phi) is 6.78. The van der Waals surface area contributed by atoms with Crippen LogP contribution >= 0.6 is 0 Å². The second-order valence-electron chi connectivity index (χ2n) is 8.77. The van der Waals surface area contributed by atoms with E-state index in [9.17, 15) is 13.2 Å². The van der Waals surface area contributed by atoms with E-state index in [4.69, 9.17) is 0 Å². The van der Waals surface area contributed by atoms with Crippen LogP contribution in [0.2, 0.25) is 0 Å². The molecule has 0 aliphatic carbocycles. The highest BCUT2D eigenvalue weighted by Gasteiger charge is 2.29. The van der Waals surface area contributed by atoms with E-state index >= 15 is 0 Å². The monoisotopic (exact) mass is 408 g/mol. The molecule has 2 heterocycles. The summed E-state index contributed by atoms with van der Waals surface area (Å²) in [6, 6.07) is 5.19. The molecular weight excluding hydrogens is 374 g/mol. The number of sulfonamides is 1. The Bertz CT molecular complexity index is 793. The number of hydrogen-bond acceptors (Lipinski definition) is 3. The predicted octanol–water partition coefficient (Wildman–Crippen LogP) is 1.67. The number of anilines is 1. The van der Waals surface area contributed by atoms with Crippen molar-refractivity contribution < 1.29 is 18.1 Å². The smallest absolute Gasteiger partial charge is 0.279 e. The number of amides is 1. The Hall–Kier alpha value is -1.44. The number of benzene rings is 1. The molecule has 1 unspecified atom stereocenters. The lowest BCUT2D eigenvalue weighted by atomic mass is 9.92. The highest BCUT2D eigenvalue weighted by atomic mass is 32.2. The van der Waals surface area contributed by atoms with Gasteiger partial charge in [-0.05, 0) is 43.9 Å². The summed E-state index contributed by atoms with van der Waals surface area (Å²) in [6.07, 6.45) is 4.12. The molecule has 3 rings (SSSR count). The van der Waals surface area contributed by atoms with Crippen LogP contribution < -0.4 is 10.2 Å². The van der Waals surface area contributed by atoms with Gasteiger partial charge in [-0.15, -0.1) is 0 Å². The zero-order valence-corrected chi connectivity index (χ0v) is 18.1. The Balaban J connectivity index is 1.69. The van der Waals surface area contributed by atoms with Crippen molar-refractivity contribution in [2.75, 3.05) is 38.0 Å². The number of nitrogens with zero attached hydrogens (tertiary/aromatic N) is 1. The highest BCUT2D eigenvalue weighted by Crippen LogP contribution is 2.26. The van der Waals surface area contributed by atoms with Crippen molar-refractivity contribution in [3.8, 4) is 0 Å². The standard InChI is InChI=1S/C21H33N3O3S/c1-16-11-17(2)14-23(13-16)15-21(25)22-19-8-7-18(3)20(12-19)28(26,27)24-9-5-4-6-10-24/h7-8,12,16-17H,4-6,9-11,13-15H2,1-3H3,(H,22,25)/p+1/t16-,17+. The number of likely N-dealkylation sites (tertiary alicyclic amines) is 1. The molecule has 156 valence electrons. The van der Waals surface area contributed by atoms with Crippen LogP contribution in [-0.2, 0) is 14.8 Å². The third kappa shape index (κ3) is 5.13. The average Bonchev–Trinajstić information content (AvgIpc) is 2.63. The van der Waals surface area contributed by atoms with Gasteiger partial charge in [0.25, 0.3) is 5.91 Å². The molecule has 2 saturated heterocycles. The van der Waals surface area contributed by atoms with Gasteiger partial charge in [0.2, 0.25) is 10.0 Å². The van der Waals surface area contributed by atoms with E-state index in [1.54, 1.807) is 22.5 Å². The minimum atomic E-state index is -3.52. The second kappa shape index (κ2) is 8.93. The van der Waals surface area contributed by atoms with Crippen LogP contribution in [0, 0.1) is 18.8 Å². The summed E-state index contributed by atoms with van der Waals surface area (Å²) in [6.45, 7) is 9.90. The van der Waals surface area contributed by atoms with Gasteiger partial charge in [0.05, 0.1) is 18.0 Å². The molecule has 2 N–H and O–H groups in total. The van der Waals surface area contributed by atoms with E-state index in [0.29, 0.717) is 47.6 Å². The van der Waals surface area contributed by atoms with Gasteiger partial charge in [-0.3, -0.25) is 4.79 Å². The molecule has 0 saturated carbocycles. The number of quaternary nitrogens is 1. The molecule has 0 bridgehead atoms. The zero-order chi connectivity index (χ0) is 20.3. The molecule has 2 fully saturated rings. The first-order chi connectivity index (χ1) is 13.3. The minimum Gasteiger partial charge on any atom is -0.327 e.